The van der Waals surface area contributed by atoms with Crippen LogP contribution in [0.15, 0.2) is 0 Å². The van der Waals surface area contributed by atoms with Crippen molar-refractivity contribution in [2.75, 3.05) is 46.4 Å². The number of ether oxygens (including phenoxy) is 1. The molecule has 0 spiro atoms. The summed E-state index contributed by atoms with van der Waals surface area (Å²) >= 11 is 0. The molecule has 0 aromatic heterocycles. The van der Waals surface area contributed by atoms with E-state index in [1.807, 2.05) is 14.0 Å². The van der Waals surface area contributed by atoms with Gasteiger partial charge in [-0.05, 0) is 46.4 Å². The van der Waals surface area contributed by atoms with Crippen molar-refractivity contribution in [1.29, 1.82) is 0 Å². The Hall–Kier alpha value is -0.120. The summed E-state index contributed by atoms with van der Waals surface area (Å²) in [7, 11) is 2.01. The van der Waals surface area contributed by atoms with Crippen molar-refractivity contribution in [3.05, 3.63) is 0 Å². The van der Waals surface area contributed by atoms with Crippen LogP contribution < -0.4 is 5.32 Å². The summed E-state index contributed by atoms with van der Waals surface area (Å²) in [5.74, 6) is 0. The van der Waals surface area contributed by atoms with Gasteiger partial charge in [-0.3, -0.25) is 0 Å². The van der Waals surface area contributed by atoms with Gasteiger partial charge < -0.3 is 15.0 Å². The summed E-state index contributed by atoms with van der Waals surface area (Å²) in [4.78, 5) is 2.47. The molecule has 0 rings (SSSR count). The second-order valence-electron chi connectivity index (χ2n) is 3.80. The van der Waals surface area contributed by atoms with Crippen LogP contribution >= 0.6 is 0 Å². The number of rotatable bonds is 11. The van der Waals surface area contributed by atoms with E-state index in [9.17, 15) is 0 Å². The van der Waals surface area contributed by atoms with Crippen molar-refractivity contribution in [2.24, 2.45) is 0 Å². The molecule has 0 aromatic carbocycles. The number of unbranched alkanes of at least 4 members (excludes halogenated alkanes) is 2. The van der Waals surface area contributed by atoms with E-state index in [0.717, 1.165) is 32.8 Å². The molecule has 0 heterocycles. The summed E-state index contributed by atoms with van der Waals surface area (Å²) in [5.41, 5.74) is 0. The molecule has 0 atom stereocenters. The summed E-state index contributed by atoms with van der Waals surface area (Å²) in [6.45, 7) is 10.6. The third-order valence-corrected chi connectivity index (χ3v) is 2.60. The summed E-state index contributed by atoms with van der Waals surface area (Å²) in [5, 5.41) is 3.18. The van der Waals surface area contributed by atoms with Gasteiger partial charge >= 0.3 is 0 Å². The van der Waals surface area contributed by atoms with Gasteiger partial charge in [-0.2, -0.15) is 0 Å². The number of nitrogens with zero attached hydrogens (tertiary/aromatic N) is 1. The molecule has 0 radical (unpaired) electrons. The molecule has 3 heteroatoms. The monoisotopic (exact) mass is 216 g/mol. The Kier molecular flexibility index (Phi) is 11.9. The molecule has 0 unspecified atom stereocenters. The van der Waals surface area contributed by atoms with E-state index < -0.39 is 0 Å². The molecule has 1 N–H and O–H groups in total. The predicted octanol–water partition coefficient (Wildman–Crippen LogP) is 1.73. The molecule has 0 amide bonds. The first-order valence-electron chi connectivity index (χ1n) is 6.29. The van der Waals surface area contributed by atoms with Gasteiger partial charge in [0.1, 0.15) is 0 Å². The lowest BCUT2D eigenvalue weighted by Crippen LogP contribution is -2.28. The lowest BCUT2D eigenvalue weighted by Gasteiger charge is -2.19. The van der Waals surface area contributed by atoms with E-state index in [-0.39, 0.29) is 0 Å². The lowest BCUT2D eigenvalue weighted by atomic mass is 10.2. The Balaban J connectivity index is 3.28. The molecule has 0 bridgehead atoms. The zero-order valence-corrected chi connectivity index (χ0v) is 10.7. The van der Waals surface area contributed by atoms with Gasteiger partial charge in [0.2, 0.25) is 0 Å². The van der Waals surface area contributed by atoms with Crippen LogP contribution in [-0.2, 0) is 4.74 Å². The highest BCUT2D eigenvalue weighted by Gasteiger charge is 2.00. The minimum absolute atomic E-state index is 0.833. The fourth-order valence-electron chi connectivity index (χ4n) is 1.58. The molecular weight excluding hydrogens is 188 g/mol. The van der Waals surface area contributed by atoms with Crippen LogP contribution in [0, 0.1) is 0 Å². The topological polar surface area (TPSA) is 24.5 Å². The number of hydrogen-bond donors (Lipinski definition) is 1. The highest BCUT2D eigenvalue weighted by molar-refractivity contribution is 4.55. The Morgan fingerprint density at radius 1 is 1.07 bits per heavy atom. The minimum atomic E-state index is 0.833. The maximum Gasteiger partial charge on any atom is 0.0593 e. The second-order valence-corrected chi connectivity index (χ2v) is 3.80. The quantitative estimate of drug-likeness (QED) is 0.532. The van der Waals surface area contributed by atoms with Gasteiger partial charge in [-0.15, -0.1) is 0 Å². The maximum absolute atomic E-state index is 5.36. The van der Waals surface area contributed by atoms with Crippen LogP contribution in [0.1, 0.15) is 33.1 Å². The molecule has 0 saturated heterocycles. The van der Waals surface area contributed by atoms with Gasteiger partial charge in [0.25, 0.3) is 0 Å². The van der Waals surface area contributed by atoms with Crippen molar-refractivity contribution in [1.82, 2.24) is 10.2 Å². The van der Waals surface area contributed by atoms with Crippen molar-refractivity contribution >= 4 is 0 Å². The van der Waals surface area contributed by atoms with Crippen molar-refractivity contribution in [3.63, 3.8) is 0 Å². The maximum atomic E-state index is 5.36. The SMILES string of the molecule is CCOCCN(CC)CCCCCNC. The average molecular weight is 216 g/mol. The number of hydrogen-bond acceptors (Lipinski definition) is 3. The van der Waals surface area contributed by atoms with Crippen LogP contribution in [-0.4, -0.2) is 51.3 Å². The third kappa shape index (κ3) is 10.2. The van der Waals surface area contributed by atoms with Crippen LogP contribution in [0.25, 0.3) is 0 Å². The largest absolute Gasteiger partial charge is 0.380 e. The first kappa shape index (κ1) is 14.9. The minimum Gasteiger partial charge on any atom is -0.380 e. The van der Waals surface area contributed by atoms with Crippen LogP contribution in [0.2, 0.25) is 0 Å². The van der Waals surface area contributed by atoms with Gasteiger partial charge in [0.05, 0.1) is 6.61 Å². The van der Waals surface area contributed by atoms with Gasteiger partial charge in [0.15, 0.2) is 0 Å². The van der Waals surface area contributed by atoms with E-state index in [0.29, 0.717) is 0 Å². The van der Waals surface area contributed by atoms with Gasteiger partial charge in [0, 0.05) is 13.2 Å². The Morgan fingerprint density at radius 2 is 1.87 bits per heavy atom. The second kappa shape index (κ2) is 12.0. The average Bonchev–Trinajstić information content (AvgIpc) is 2.26. The molecular formula is C12H28N2O. The van der Waals surface area contributed by atoms with E-state index in [4.69, 9.17) is 4.74 Å². The normalized spacial score (nSPS) is 11.2. The third-order valence-electron chi connectivity index (χ3n) is 2.60. The molecule has 0 saturated carbocycles. The zero-order valence-electron chi connectivity index (χ0n) is 10.7. The highest BCUT2D eigenvalue weighted by atomic mass is 16.5. The molecule has 3 nitrogen and oxygen atoms in total. The molecule has 0 fully saturated rings. The molecule has 92 valence electrons. The lowest BCUT2D eigenvalue weighted by molar-refractivity contribution is 0.114. The van der Waals surface area contributed by atoms with Crippen molar-refractivity contribution in [2.45, 2.75) is 33.1 Å². The predicted molar refractivity (Wildman–Crippen MR) is 66.4 cm³/mol. The number of likely N-dealkylation sites (N-methyl/N-ethyl adjacent to an activating group) is 1. The Morgan fingerprint density at radius 3 is 2.47 bits per heavy atom. The zero-order chi connectivity index (χ0) is 11.4. The van der Waals surface area contributed by atoms with Gasteiger partial charge in [-0.25, -0.2) is 0 Å². The molecule has 0 aliphatic heterocycles. The van der Waals surface area contributed by atoms with Crippen LogP contribution in [0.5, 0.6) is 0 Å². The fourth-order valence-corrected chi connectivity index (χ4v) is 1.58. The fraction of sp³-hybridized carbons (Fsp3) is 1.00. The molecule has 0 aromatic rings. The van der Waals surface area contributed by atoms with E-state index >= 15 is 0 Å². The van der Waals surface area contributed by atoms with Crippen molar-refractivity contribution < 1.29 is 4.74 Å². The Labute approximate surface area is 95.2 Å². The summed E-state index contributed by atoms with van der Waals surface area (Å²) in [6.07, 6.45) is 3.92. The standard InChI is InChI=1S/C12H28N2O/c1-4-14(11-12-15-5-2)10-8-6-7-9-13-3/h13H,4-12H2,1-3H3. The summed E-state index contributed by atoms with van der Waals surface area (Å²) < 4.78 is 5.36. The van der Waals surface area contributed by atoms with Crippen molar-refractivity contribution in [3.8, 4) is 0 Å². The van der Waals surface area contributed by atoms with E-state index in [2.05, 4.69) is 17.1 Å². The number of nitrogens with one attached hydrogen (secondary N) is 1. The van der Waals surface area contributed by atoms with E-state index in [1.165, 1.54) is 25.8 Å². The molecule has 0 aliphatic carbocycles. The van der Waals surface area contributed by atoms with E-state index in [1.54, 1.807) is 0 Å². The highest BCUT2D eigenvalue weighted by Crippen LogP contribution is 1.98. The smallest absolute Gasteiger partial charge is 0.0593 e. The Bertz CT molecular complexity index is 120. The van der Waals surface area contributed by atoms with Crippen LogP contribution in [0.3, 0.4) is 0 Å². The first-order valence-corrected chi connectivity index (χ1v) is 6.29. The first-order chi connectivity index (χ1) is 7.35. The molecule has 15 heavy (non-hydrogen) atoms. The van der Waals surface area contributed by atoms with Gasteiger partial charge in [-0.1, -0.05) is 13.3 Å². The summed E-state index contributed by atoms with van der Waals surface area (Å²) in [6, 6.07) is 0. The van der Waals surface area contributed by atoms with Crippen LogP contribution in [0.4, 0.5) is 0 Å². The molecule has 0 aliphatic rings.